The number of hydrogen-bond acceptors (Lipinski definition) is 3. The molecule has 0 saturated heterocycles. The summed E-state index contributed by atoms with van der Waals surface area (Å²) in [6, 6.07) is -4.66. The molecular weight excluding hydrogens is 191 g/mol. The molecule has 0 heterocycles. The fourth-order valence-electron chi connectivity index (χ4n) is 0.355. The number of ketones is 1. The number of aliphatic carboxylic acids is 1. The molecule has 0 unspecified atom stereocenters. The summed E-state index contributed by atoms with van der Waals surface area (Å²) in [5, 5.41) is 6.48. The molecule has 0 aliphatic carbocycles. The van der Waals surface area contributed by atoms with E-state index in [2.05, 4.69) is 0 Å². The molecule has 0 saturated carbocycles. The first-order chi connectivity index (χ1) is 5.78. The number of carbonyl (C=O) groups is 2. The summed E-state index contributed by atoms with van der Waals surface area (Å²) in [5.74, 6) is -3.31. The summed E-state index contributed by atoms with van der Waals surface area (Å²) < 4.78 is 36.6. The first kappa shape index (κ1) is 11.5. The summed E-state index contributed by atoms with van der Waals surface area (Å²) in [7, 11) is 0. The van der Waals surface area contributed by atoms with E-state index >= 15 is 0 Å². The molecule has 0 atom stereocenters. The highest BCUT2D eigenvalue weighted by Crippen LogP contribution is 2.20. The molecule has 0 amide bonds. The van der Waals surface area contributed by atoms with Gasteiger partial charge in [-0.25, -0.2) is 4.79 Å². The lowest BCUT2D eigenvalue weighted by molar-refractivity contribution is -0.224. The molecule has 1 N–H and O–H groups in total. The minimum absolute atomic E-state index is 0.0520. The van der Waals surface area contributed by atoms with Gasteiger partial charge >= 0.3 is 12.0 Å². The molecule has 0 aromatic heterocycles. The number of alkyl halides is 2. The van der Waals surface area contributed by atoms with Crippen LogP contribution in [0, 0.1) is 0 Å². The van der Waals surface area contributed by atoms with Crippen molar-refractivity contribution in [2.45, 2.75) is 13.0 Å². The summed E-state index contributed by atoms with van der Waals surface area (Å²) in [5.41, 5.74) is 0. The zero-order valence-corrected chi connectivity index (χ0v) is 6.50. The predicted molar refractivity (Wildman–Crippen MR) is 35.4 cm³/mol. The predicted octanol–water partition coefficient (Wildman–Crippen LogP) is 0.953. The van der Waals surface area contributed by atoms with E-state index in [4.69, 9.17) is 5.11 Å². The highest BCUT2D eigenvalue weighted by molar-refractivity contribution is 5.87. The standard InChI is InChI=1S/C6H6F3NO3/c1-4(11)2-3-10(9)6(7,8)5(12)13/h2-3H,1H3,(H,12,13). The second kappa shape index (κ2) is 3.92. The van der Waals surface area contributed by atoms with Gasteiger partial charge in [-0.1, -0.05) is 4.48 Å². The smallest absolute Gasteiger partial charge is 0.448 e. The van der Waals surface area contributed by atoms with Crippen molar-refractivity contribution in [2.75, 3.05) is 0 Å². The Morgan fingerprint density at radius 3 is 2.23 bits per heavy atom. The number of carbonyl (C=O) groups excluding carboxylic acids is 1. The number of halogens is 3. The third-order valence-corrected chi connectivity index (χ3v) is 0.966. The Hall–Kier alpha value is -1.53. The van der Waals surface area contributed by atoms with Gasteiger partial charge in [-0.05, 0) is 13.0 Å². The van der Waals surface area contributed by atoms with Crippen molar-refractivity contribution in [3.05, 3.63) is 12.3 Å². The minimum atomic E-state index is -4.66. The maximum atomic E-state index is 12.3. The topological polar surface area (TPSA) is 57.6 Å². The van der Waals surface area contributed by atoms with Crippen LogP contribution in [0.15, 0.2) is 12.3 Å². The van der Waals surface area contributed by atoms with Gasteiger partial charge in [0.25, 0.3) is 0 Å². The normalized spacial score (nSPS) is 11.7. The van der Waals surface area contributed by atoms with Gasteiger partial charge in [-0.2, -0.15) is 8.78 Å². The van der Waals surface area contributed by atoms with Crippen LogP contribution in [0.5, 0.6) is 0 Å². The van der Waals surface area contributed by atoms with Gasteiger partial charge in [0.15, 0.2) is 5.78 Å². The van der Waals surface area contributed by atoms with Crippen LogP contribution < -0.4 is 0 Å². The Bertz CT molecular complexity index is 252. The molecule has 0 aliphatic rings. The minimum Gasteiger partial charge on any atom is -0.475 e. The summed E-state index contributed by atoms with van der Waals surface area (Å²) in [6.45, 7) is 1.00. The van der Waals surface area contributed by atoms with Gasteiger partial charge < -0.3 is 5.11 Å². The molecule has 0 fully saturated rings. The van der Waals surface area contributed by atoms with Gasteiger partial charge in [0.2, 0.25) is 0 Å². The SMILES string of the molecule is CC(=O)C=CN(F)C(F)(F)C(=O)O. The first-order valence-corrected chi connectivity index (χ1v) is 3.03. The quantitative estimate of drug-likeness (QED) is 0.414. The molecular formula is C6H6F3NO3. The molecule has 0 aliphatic heterocycles. The number of carboxylic acids is 1. The van der Waals surface area contributed by atoms with Crippen molar-refractivity contribution in [1.82, 2.24) is 5.12 Å². The van der Waals surface area contributed by atoms with E-state index in [1.165, 1.54) is 0 Å². The van der Waals surface area contributed by atoms with Crippen LogP contribution >= 0.6 is 0 Å². The Kier molecular flexibility index (Phi) is 3.46. The van der Waals surface area contributed by atoms with Crippen molar-refractivity contribution >= 4 is 11.8 Å². The third kappa shape index (κ3) is 3.14. The molecule has 7 heteroatoms. The van der Waals surface area contributed by atoms with Crippen molar-refractivity contribution in [2.24, 2.45) is 0 Å². The number of nitrogens with zero attached hydrogens (tertiary/aromatic N) is 1. The molecule has 0 spiro atoms. The maximum absolute atomic E-state index is 12.3. The summed E-state index contributed by atoms with van der Waals surface area (Å²) >= 11 is 0. The molecule has 0 aromatic carbocycles. The second-order valence-electron chi connectivity index (χ2n) is 2.08. The zero-order chi connectivity index (χ0) is 10.6. The van der Waals surface area contributed by atoms with Crippen LogP contribution in [0.3, 0.4) is 0 Å². The van der Waals surface area contributed by atoms with Crippen molar-refractivity contribution < 1.29 is 28.0 Å². The number of allylic oxidation sites excluding steroid dienone is 1. The molecule has 0 radical (unpaired) electrons. The lowest BCUT2D eigenvalue weighted by Gasteiger charge is -2.15. The van der Waals surface area contributed by atoms with Gasteiger partial charge in [0, 0.05) is 6.20 Å². The largest absolute Gasteiger partial charge is 0.475 e. The summed E-state index contributed by atoms with van der Waals surface area (Å²) in [4.78, 5) is 19.9. The van der Waals surface area contributed by atoms with Crippen LogP contribution in [-0.2, 0) is 9.59 Å². The molecule has 0 aromatic rings. The van der Waals surface area contributed by atoms with Gasteiger partial charge in [-0.3, -0.25) is 4.79 Å². The average molecular weight is 197 g/mol. The van der Waals surface area contributed by atoms with Crippen LogP contribution in [0.25, 0.3) is 0 Å². The molecule has 4 nitrogen and oxygen atoms in total. The lowest BCUT2D eigenvalue weighted by Crippen LogP contribution is -2.40. The lowest BCUT2D eigenvalue weighted by atomic mass is 10.4. The molecule has 74 valence electrons. The van der Waals surface area contributed by atoms with E-state index in [0.29, 0.717) is 6.08 Å². The Balaban J connectivity index is 4.50. The highest BCUT2D eigenvalue weighted by Gasteiger charge is 2.45. The molecule has 0 rings (SSSR count). The van der Waals surface area contributed by atoms with E-state index in [-0.39, 0.29) is 6.20 Å². The number of hydrogen-bond donors (Lipinski definition) is 1. The Morgan fingerprint density at radius 1 is 1.46 bits per heavy atom. The Morgan fingerprint density at radius 2 is 1.92 bits per heavy atom. The van der Waals surface area contributed by atoms with Crippen molar-refractivity contribution in [3.63, 3.8) is 0 Å². The van der Waals surface area contributed by atoms with Crippen LogP contribution in [0.2, 0.25) is 0 Å². The van der Waals surface area contributed by atoms with E-state index in [9.17, 15) is 22.9 Å². The van der Waals surface area contributed by atoms with Gasteiger partial charge in [0.05, 0.1) is 0 Å². The maximum Gasteiger partial charge on any atom is 0.448 e. The summed E-state index contributed by atoms with van der Waals surface area (Å²) in [6.07, 6.45) is 0.535. The second-order valence-corrected chi connectivity index (χ2v) is 2.08. The fraction of sp³-hybridized carbons (Fsp3) is 0.333. The fourth-order valence-corrected chi connectivity index (χ4v) is 0.355. The zero-order valence-electron chi connectivity index (χ0n) is 6.50. The van der Waals surface area contributed by atoms with Crippen LogP contribution in [0.4, 0.5) is 13.3 Å². The van der Waals surface area contributed by atoms with Crippen LogP contribution in [0.1, 0.15) is 6.92 Å². The molecule has 13 heavy (non-hydrogen) atoms. The molecule has 0 bridgehead atoms. The average Bonchev–Trinajstić information content (AvgIpc) is 1.99. The monoisotopic (exact) mass is 197 g/mol. The van der Waals surface area contributed by atoms with Crippen molar-refractivity contribution in [1.29, 1.82) is 0 Å². The third-order valence-electron chi connectivity index (χ3n) is 0.966. The number of carboxylic acid groups (broad SMARTS) is 1. The first-order valence-electron chi connectivity index (χ1n) is 3.03. The number of rotatable bonds is 4. The van der Waals surface area contributed by atoms with E-state index < -0.39 is 22.9 Å². The van der Waals surface area contributed by atoms with Crippen molar-refractivity contribution in [3.8, 4) is 0 Å². The van der Waals surface area contributed by atoms with Crippen LogP contribution in [-0.4, -0.2) is 28.0 Å². The van der Waals surface area contributed by atoms with Gasteiger partial charge in [-0.15, -0.1) is 5.12 Å². The van der Waals surface area contributed by atoms with Gasteiger partial charge in [0.1, 0.15) is 0 Å². The van der Waals surface area contributed by atoms with E-state index in [1.807, 2.05) is 0 Å². The van der Waals surface area contributed by atoms with E-state index in [0.717, 1.165) is 6.92 Å². The highest BCUT2D eigenvalue weighted by atomic mass is 19.3. The Labute approximate surface area is 71.2 Å². The van der Waals surface area contributed by atoms with E-state index in [1.54, 1.807) is 0 Å².